The van der Waals surface area contributed by atoms with Gasteiger partial charge in [-0.05, 0) is 23.8 Å². The van der Waals surface area contributed by atoms with E-state index in [-0.39, 0.29) is 11.1 Å². The highest BCUT2D eigenvalue weighted by Crippen LogP contribution is 2.24. The van der Waals surface area contributed by atoms with Crippen LogP contribution < -0.4 is 10.5 Å². The summed E-state index contributed by atoms with van der Waals surface area (Å²) in [4.78, 5) is 11.5. The van der Waals surface area contributed by atoms with E-state index < -0.39 is 0 Å². The van der Waals surface area contributed by atoms with E-state index in [9.17, 15) is 4.79 Å². The molecule has 4 heteroatoms. The molecule has 2 aromatic carbocycles. The van der Waals surface area contributed by atoms with Gasteiger partial charge in [-0.25, -0.2) is 0 Å². The monoisotopic (exact) mass is 319 g/mol. The fourth-order valence-electron chi connectivity index (χ4n) is 1.67. The van der Waals surface area contributed by atoms with Crippen molar-refractivity contribution in [2.24, 2.45) is 0 Å². The third-order valence-corrected chi connectivity index (χ3v) is 3.20. The molecule has 0 bridgehead atoms. The maximum Gasteiger partial charge on any atom is 0.173 e. The summed E-state index contributed by atoms with van der Waals surface area (Å²) in [5.41, 5.74) is 8.02. The molecule has 0 atom stereocenters. The second-order valence-electron chi connectivity index (χ2n) is 4.08. The Labute approximate surface area is 120 Å². The molecule has 0 fully saturated rings. The maximum absolute atomic E-state index is 11.5. The van der Waals surface area contributed by atoms with Crippen molar-refractivity contribution in [3.05, 3.63) is 59.7 Å². The van der Waals surface area contributed by atoms with E-state index in [1.165, 1.54) is 0 Å². The molecule has 0 radical (unpaired) electrons. The van der Waals surface area contributed by atoms with Crippen molar-refractivity contribution in [2.45, 2.75) is 6.61 Å². The van der Waals surface area contributed by atoms with Crippen LogP contribution in [0.25, 0.3) is 0 Å². The van der Waals surface area contributed by atoms with Crippen molar-refractivity contribution in [1.29, 1.82) is 0 Å². The van der Waals surface area contributed by atoms with Crippen LogP contribution in [-0.2, 0) is 6.61 Å². The van der Waals surface area contributed by atoms with Gasteiger partial charge in [-0.3, -0.25) is 4.79 Å². The summed E-state index contributed by atoms with van der Waals surface area (Å²) in [7, 11) is 0. The average molecular weight is 320 g/mol. The molecular formula is C15H14BrNO2. The first-order valence-electron chi connectivity index (χ1n) is 5.86. The number of carbonyl (C=O) groups excluding carboxylic acids is 1. The molecule has 2 rings (SSSR count). The molecule has 0 aliphatic carbocycles. The first-order chi connectivity index (χ1) is 9.20. The maximum atomic E-state index is 11.5. The number of hydrogen-bond acceptors (Lipinski definition) is 3. The number of alkyl halides is 1. The highest BCUT2D eigenvalue weighted by atomic mass is 79.9. The Hall–Kier alpha value is -1.81. The fraction of sp³-hybridized carbons (Fsp3) is 0.133. The van der Waals surface area contributed by atoms with Crippen LogP contribution in [0.1, 0.15) is 15.9 Å². The molecule has 2 N–H and O–H groups in total. The molecule has 0 aliphatic heterocycles. The van der Waals surface area contributed by atoms with Gasteiger partial charge in [0.05, 0.1) is 11.0 Å². The Morgan fingerprint density at radius 3 is 2.53 bits per heavy atom. The number of hydrogen-bond donors (Lipinski definition) is 1. The van der Waals surface area contributed by atoms with Gasteiger partial charge >= 0.3 is 0 Å². The number of Topliss-reactive ketones (excluding diaryl/α,β-unsaturated/α-hetero) is 1. The van der Waals surface area contributed by atoms with Crippen LogP contribution in [0.3, 0.4) is 0 Å². The van der Waals surface area contributed by atoms with Crippen molar-refractivity contribution in [1.82, 2.24) is 0 Å². The Kier molecular flexibility index (Phi) is 4.58. The highest BCUT2D eigenvalue weighted by Gasteiger charge is 2.07. The molecule has 0 aromatic heterocycles. The minimum Gasteiger partial charge on any atom is -0.487 e. The molecule has 0 saturated carbocycles. The van der Waals surface area contributed by atoms with Gasteiger partial charge in [0.15, 0.2) is 5.78 Å². The highest BCUT2D eigenvalue weighted by molar-refractivity contribution is 9.09. The van der Waals surface area contributed by atoms with Crippen molar-refractivity contribution in [2.75, 3.05) is 11.1 Å². The molecule has 0 amide bonds. The second-order valence-corrected chi connectivity index (χ2v) is 4.64. The van der Waals surface area contributed by atoms with Crippen molar-refractivity contribution in [3.8, 4) is 5.75 Å². The number of carbonyl (C=O) groups is 1. The largest absolute Gasteiger partial charge is 0.487 e. The van der Waals surface area contributed by atoms with Crippen LogP contribution in [0.2, 0.25) is 0 Å². The summed E-state index contributed by atoms with van der Waals surface area (Å²) < 4.78 is 5.64. The molecular weight excluding hydrogens is 306 g/mol. The Balaban J connectivity index is 2.07. The first kappa shape index (κ1) is 13.6. The molecule has 0 heterocycles. The number of anilines is 1. The number of halogens is 1. The van der Waals surface area contributed by atoms with E-state index in [0.29, 0.717) is 23.6 Å². The van der Waals surface area contributed by atoms with E-state index in [1.807, 2.05) is 30.3 Å². The number of ketones is 1. The summed E-state index contributed by atoms with van der Waals surface area (Å²) in [6.07, 6.45) is 0. The minimum atomic E-state index is 0.00121. The van der Waals surface area contributed by atoms with Crippen molar-refractivity contribution in [3.63, 3.8) is 0 Å². The number of rotatable bonds is 5. The standard InChI is InChI=1S/C15H14BrNO2/c16-9-14(18)12-6-7-15(13(17)8-12)19-10-11-4-2-1-3-5-11/h1-8H,9-10,17H2. The lowest BCUT2D eigenvalue weighted by molar-refractivity contribution is 0.102. The van der Waals surface area contributed by atoms with Gasteiger partial charge in [0.2, 0.25) is 0 Å². The molecule has 3 nitrogen and oxygen atoms in total. The molecule has 0 saturated heterocycles. The van der Waals surface area contributed by atoms with Gasteiger partial charge in [-0.1, -0.05) is 46.3 Å². The van der Waals surface area contributed by atoms with Crippen LogP contribution in [0.5, 0.6) is 5.75 Å². The van der Waals surface area contributed by atoms with E-state index in [2.05, 4.69) is 15.9 Å². The lowest BCUT2D eigenvalue weighted by Gasteiger charge is -2.10. The molecule has 0 aliphatic rings. The predicted octanol–water partition coefficient (Wildman–Crippen LogP) is 3.43. The molecule has 2 aromatic rings. The van der Waals surface area contributed by atoms with Gasteiger partial charge in [-0.15, -0.1) is 0 Å². The third kappa shape index (κ3) is 3.58. The van der Waals surface area contributed by atoms with Crippen LogP contribution >= 0.6 is 15.9 Å². The SMILES string of the molecule is Nc1cc(C(=O)CBr)ccc1OCc1ccccc1. The smallest absolute Gasteiger partial charge is 0.173 e. The second kappa shape index (κ2) is 6.38. The average Bonchev–Trinajstić information content (AvgIpc) is 2.46. The lowest BCUT2D eigenvalue weighted by atomic mass is 10.1. The van der Waals surface area contributed by atoms with Gasteiger partial charge in [-0.2, -0.15) is 0 Å². The summed E-state index contributed by atoms with van der Waals surface area (Å²) in [6, 6.07) is 14.9. The fourth-order valence-corrected chi connectivity index (χ4v) is 1.99. The quantitative estimate of drug-likeness (QED) is 0.522. The Morgan fingerprint density at radius 1 is 1.16 bits per heavy atom. The summed E-state index contributed by atoms with van der Waals surface area (Å²) in [5.74, 6) is 0.594. The normalized spacial score (nSPS) is 10.2. The third-order valence-electron chi connectivity index (χ3n) is 2.69. The summed E-state index contributed by atoms with van der Waals surface area (Å²) in [5, 5.41) is 0.288. The van der Waals surface area contributed by atoms with Crippen LogP contribution in [0, 0.1) is 0 Å². The zero-order valence-corrected chi connectivity index (χ0v) is 11.9. The van der Waals surface area contributed by atoms with Gasteiger partial charge in [0.25, 0.3) is 0 Å². The minimum absolute atomic E-state index is 0.00121. The molecule has 98 valence electrons. The molecule has 0 spiro atoms. The Morgan fingerprint density at radius 2 is 1.89 bits per heavy atom. The topological polar surface area (TPSA) is 52.3 Å². The van der Waals surface area contributed by atoms with E-state index in [0.717, 1.165) is 5.56 Å². The number of nitrogen functional groups attached to an aromatic ring is 1. The van der Waals surface area contributed by atoms with Crippen molar-refractivity contribution >= 4 is 27.4 Å². The van der Waals surface area contributed by atoms with Crippen LogP contribution in [0.4, 0.5) is 5.69 Å². The first-order valence-corrected chi connectivity index (χ1v) is 6.98. The number of nitrogens with two attached hydrogens (primary N) is 1. The van der Waals surface area contributed by atoms with E-state index in [4.69, 9.17) is 10.5 Å². The zero-order chi connectivity index (χ0) is 13.7. The summed E-state index contributed by atoms with van der Waals surface area (Å²) in [6.45, 7) is 0.455. The Bertz CT molecular complexity index is 570. The van der Waals surface area contributed by atoms with Crippen LogP contribution in [0.15, 0.2) is 48.5 Å². The van der Waals surface area contributed by atoms with E-state index in [1.54, 1.807) is 18.2 Å². The van der Waals surface area contributed by atoms with Crippen molar-refractivity contribution < 1.29 is 9.53 Å². The van der Waals surface area contributed by atoms with Gasteiger partial charge < -0.3 is 10.5 Å². The molecule has 19 heavy (non-hydrogen) atoms. The zero-order valence-electron chi connectivity index (χ0n) is 10.3. The number of benzene rings is 2. The van der Waals surface area contributed by atoms with Gasteiger partial charge in [0, 0.05) is 5.56 Å². The molecule has 0 unspecified atom stereocenters. The van der Waals surface area contributed by atoms with Crippen LogP contribution in [-0.4, -0.2) is 11.1 Å². The predicted molar refractivity (Wildman–Crippen MR) is 79.8 cm³/mol. The lowest BCUT2D eigenvalue weighted by Crippen LogP contribution is -2.03. The van der Waals surface area contributed by atoms with E-state index >= 15 is 0 Å². The van der Waals surface area contributed by atoms with Gasteiger partial charge in [0.1, 0.15) is 12.4 Å². The summed E-state index contributed by atoms with van der Waals surface area (Å²) >= 11 is 3.13. The number of ether oxygens (including phenoxy) is 1.